The van der Waals surface area contributed by atoms with Gasteiger partial charge in [-0.05, 0) is 54.1 Å². The number of amides is 2. The number of anilines is 1. The third kappa shape index (κ3) is 4.37. The number of thioether (sulfide) groups is 1. The number of hydrogen-bond acceptors (Lipinski definition) is 6. The van der Waals surface area contributed by atoms with Crippen molar-refractivity contribution in [1.29, 1.82) is 0 Å². The van der Waals surface area contributed by atoms with E-state index in [-0.39, 0.29) is 11.1 Å². The maximum absolute atomic E-state index is 12.8. The zero-order chi connectivity index (χ0) is 21.1. The van der Waals surface area contributed by atoms with Crippen LogP contribution in [-0.4, -0.2) is 60.9 Å². The Balaban J connectivity index is 1.37. The average Bonchev–Trinajstić information content (AvgIpc) is 3.02. The molecular weight excluding hydrogens is 398 g/mol. The normalized spacial score (nSPS) is 19.1. The van der Waals surface area contributed by atoms with Gasteiger partial charge in [0.05, 0.1) is 18.7 Å². The van der Waals surface area contributed by atoms with Gasteiger partial charge in [0, 0.05) is 31.9 Å². The van der Waals surface area contributed by atoms with Crippen molar-refractivity contribution in [2.24, 2.45) is 0 Å². The largest absolute Gasteiger partial charge is 0.497 e. The predicted octanol–water partition coefficient (Wildman–Crippen LogP) is 3.82. The summed E-state index contributed by atoms with van der Waals surface area (Å²) in [4.78, 5) is 31.6. The van der Waals surface area contributed by atoms with Gasteiger partial charge in [-0.25, -0.2) is 0 Å². The molecule has 0 aromatic heterocycles. The van der Waals surface area contributed by atoms with Crippen molar-refractivity contribution in [3.05, 3.63) is 64.6 Å². The Morgan fingerprint density at radius 2 is 1.70 bits per heavy atom. The van der Waals surface area contributed by atoms with Gasteiger partial charge in [0.1, 0.15) is 5.75 Å². The first-order valence-electron chi connectivity index (χ1n) is 9.97. The summed E-state index contributed by atoms with van der Waals surface area (Å²) in [6.45, 7) is 5.84. The molecule has 2 aromatic rings. The lowest BCUT2D eigenvalue weighted by atomic mass is 10.1. The lowest BCUT2D eigenvalue weighted by Gasteiger charge is -2.37. The van der Waals surface area contributed by atoms with E-state index in [1.807, 2.05) is 30.3 Å². The van der Waals surface area contributed by atoms with Gasteiger partial charge >= 0.3 is 0 Å². The quantitative estimate of drug-likeness (QED) is 0.682. The van der Waals surface area contributed by atoms with Gasteiger partial charge < -0.3 is 9.64 Å². The number of benzene rings is 2. The van der Waals surface area contributed by atoms with E-state index >= 15 is 0 Å². The molecule has 2 amide bonds. The average molecular weight is 424 g/mol. The van der Waals surface area contributed by atoms with Crippen LogP contribution in [0.15, 0.2) is 53.4 Å². The first-order valence-corrected chi connectivity index (χ1v) is 10.8. The molecule has 0 radical (unpaired) electrons. The number of rotatable bonds is 5. The summed E-state index contributed by atoms with van der Waals surface area (Å²) in [5.41, 5.74) is 3.39. The number of para-hydroxylation sites is 1. The highest BCUT2D eigenvalue weighted by atomic mass is 32.2. The standard InChI is InChI=1S/C23H25N3O3S/c1-17-5-3-4-6-20(17)25-13-11-24(12-14-25)16-26-22(27)21(30-23(26)28)15-18-7-9-19(29-2)10-8-18/h3-10,15H,11-14,16H2,1-2H3. The van der Waals surface area contributed by atoms with E-state index in [2.05, 4.69) is 34.9 Å². The summed E-state index contributed by atoms with van der Waals surface area (Å²) in [7, 11) is 1.61. The molecule has 2 aliphatic heterocycles. The SMILES string of the molecule is COc1ccc(C=C2SC(=O)N(CN3CCN(c4ccccc4C)CC3)C2=O)cc1. The Morgan fingerprint density at radius 1 is 1.00 bits per heavy atom. The van der Waals surface area contributed by atoms with Crippen molar-refractivity contribution in [1.82, 2.24) is 9.80 Å². The fourth-order valence-corrected chi connectivity index (χ4v) is 4.55. The van der Waals surface area contributed by atoms with Crippen molar-refractivity contribution < 1.29 is 14.3 Å². The maximum atomic E-state index is 12.8. The van der Waals surface area contributed by atoms with Crippen molar-refractivity contribution in [3.8, 4) is 5.75 Å². The van der Waals surface area contributed by atoms with E-state index in [1.54, 1.807) is 13.2 Å². The highest BCUT2D eigenvalue weighted by Gasteiger charge is 2.36. The summed E-state index contributed by atoms with van der Waals surface area (Å²) in [5.74, 6) is 0.534. The lowest BCUT2D eigenvalue weighted by molar-refractivity contribution is -0.124. The molecule has 0 aliphatic carbocycles. The smallest absolute Gasteiger partial charge is 0.294 e. The number of nitrogens with zero attached hydrogens (tertiary/aromatic N) is 3. The molecule has 0 atom stereocenters. The van der Waals surface area contributed by atoms with Crippen LogP contribution < -0.4 is 9.64 Å². The van der Waals surface area contributed by atoms with Crippen LogP contribution in [0.4, 0.5) is 10.5 Å². The minimum absolute atomic E-state index is 0.207. The molecule has 6 nitrogen and oxygen atoms in total. The molecular formula is C23H25N3O3S. The van der Waals surface area contributed by atoms with Gasteiger partial charge in [-0.15, -0.1) is 0 Å². The second-order valence-electron chi connectivity index (χ2n) is 7.42. The van der Waals surface area contributed by atoms with E-state index in [0.29, 0.717) is 11.6 Å². The summed E-state index contributed by atoms with van der Waals surface area (Å²) in [6, 6.07) is 15.8. The zero-order valence-electron chi connectivity index (χ0n) is 17.2. The molecule has 0 spiro atoms. The molecule has 2 fully saturated rings. The van der Waals surface area contributed by atoms with E-state index < -0.39 is 0 Å². The number of aryl methyl sites for hydroxylation is 1. The summed E-state index contributed by atoms with van der Waals surface area (Å²) >= 11 is 1.00. The van der Waals surface area contributed by atoms with E-state index in [1.165, 1.54) is 16.2 Å². The highest BCUT2D eigenvalue weighted by Crippen LogP contribution is 2.32. The van der Waals surface area contributed by atoms with Crippen LogP contribution in [-0.2, 0) is 4.79 Å². The number of carbonyl (C=O) groups is 2. The van der Waals surface area contributed by atoms with Crippen molar-refractivity contribution >= 4 is 34.7 Å². The molecule has 2 saturated heterocycles. The number of ether oxygens (including phenoxy) is 1. The van der Waals surface area contributed by atoms with E-state index in [0.717, 1.165) is 49.3 Å². The number of imide groups is 1. The summed E-state index contributed by atoms with van der Waals surface area (Å²) in [6.07, 6.45) is 1.76. The molecule has 2 aliphatic rings. The third-order valence-electron chi connectivity index (χ3n) is 5.46. The first-order chi connectivity index (χ1) is 14.5. The van der Waals surface area contributed by atoms with Crippen molar-refractivity contribution in [2.45, 2.75) is 6.92 Å². The van der Waals surface area contributed by atoms with Crippen LogP contribution in [0.1, 0.15) is 11.1 Å². The van der Waals surface area contributed by atoms with Gasteiger partial charge in [-0.2, -0.15) is 0 Å². The lowest BCUT2D eigenvalue weighted by Crippen LogP contribution is -2.51. The van der Waals surface area contributed by atoms with Gasteiger partial charge in [0.15, 0.2) is 0 Å². The van der Waals surface area contributed by atoms with Crippen LogP contribution in [0.3, 0.4) is 0 Å². The topological polar surface area (TPSA) is 53.1 Å². The predicted molar refractivity (Wildman–Crippen MR) is 121 cm³/mol. The van der Waals surface area contributed by atoms with Crippen molar-refractivity contribution in [2.75, 3.05) is 44.9 Å². The molecule has 2 aromatic carbocycles. The Kier molecular flexibility index (Phi) is 6.11. The summed E-state index contributed by atoms with van der Waals surface area (Å²) < 4.78 is 5.16. The molecule has 0 bridgehead atoms. The maximum Gasteiger partial charge on any atom is 0.294 e. The Morgan fingerprint density at radius 3 is 2.37 bits per heavy atom. The minimum atomic E-state index is -0.220. The molecule has 4 rings (SSSR count). The highest BCUT2D eigenvalue weighted by molar-refractivity contribution is 8.18. The fourth-order valence-electron chi connectivity index (χ4n) is 3.72. The monoisotopic (exact) mass is 423 g/mol. The molecule has 30 heavy (non-hydrogen) atoms. The number of piperazine rings is 1. The number of methoxy groups -OCH3 is 1. The number of hydrogen-bond donors (Lipinski definition) is 0. The van der Waals surface area contributed by atoms with Gasteiger partial charge in [-0.3, -0.25) is 19.4 Å². The first kappa shape index (κ1) is 20.5. The van der Waals surface area contributed by atoms with Crippen LogP contribution >= 0.6 is 11.8 Å². The van der Waals surface area contributed by atoms with E-state index in [4.69, 9.17) is 4.74 Å². The minimum Gasteiger partial charge on any atom is -0.497 e. The van der Waals surface area contributed by atoms with Gasteiger partial charge in [-0.1, -0.05) is 30.3 Å². The zero-order valence-corrected chi connectivity index (χ0v) is 18.0. The molecule has 0 unspecified atom stereocenters. The molecule has 156 valence electrons. The molecule has 0 N–H and O–H groups in total. The van der Waals surface area contributed by atoms with E-state index in [9.17, 15) is 9.59 Å². The Bertz CT molecular complexity index is 966. The summed E-state index contributed by atoms with van der Waals surface area (Å²) in [5, 5.41) is -0.207. The van der Waals surface area contributed by atoms with Crippen LogP contribution in [0, 0.1) is 6.92 Å². The van der Waals surface area contributed by atoms with Crippen LogP contribution in [0.2, 0.25) is 0 Å². The second-order valence-corrected chi connectivity index (χ2v) is 8.41. The van der Waals surface area contributed by atoms with Crippen LogP contribution in [0.25, 0.3) is 6.08 Å². The second kappa shape index (κ2) is 8.93. The van der Waals surface area contributed by atoms with Gasteiger partial charge in [0.25, 0.3) is 11.1 Å². The molecule has 0 saturated carbocycles. The Hall–Kier alpha value is -2.77. The van der Waals surface area contributed by atoms with Gasteiger partial charge in [0.2, 0.25) is 0 Å². The number of carbonyl (C=O) groups excluding carboxylic acids is 2. The third-order valence-corrected chi connectivity index (χ3v) is 6.36. The fraction of sp³-hybridized carbons (Fsp3) is 0.304. The van der Waals surface area contributed by atoms with Crippen molar-refractivity contribution in [3.63, 3.8) is 0 Å². The molecule has 7 heteroatoms. The molecule has 2 heterocycles. The Labute approximate surface area is 181 Å². The van der Waals surface area contributed by atoms with Crippen LogP contribution in [0.5, 0.6) is 5.75 Å².